The Morgan fingerprint density at radius 1 is 1.05 bits per heavy atom. The fourth-order valence-electron chi connectivity index (χ4n) is 3.64. The second-order valence-electron chi connectivity index (χ2n) is 8.45. The number of ether oxygens (including phenoxy) is 1. The molecule has 2 aromatic heterocycles. The minimum absolute atomic E-state index is 0.143. The second-order valence-corrected chi connectivity index (χ2v) is 8.45. The molecule has 2 aromatic carbocycles. The van der Waals surface area contributed by atoms with Crippen molar-refractivity contribution in [1.29, 1.82) is 0 Å². The lowest BCUT2D eigenvalue weighted by Gasteiger charge is -2.09. The second kappa shape index (κ2) is 11.8. The van der Waals surface area contributed by atoms with Crippen LogP contribution in [0.15, 0.2) is 59.4 Å². The zero-order valence-corrected chi connectivity index (χ0v) is 20.5. The Morgan fingerprint density at radius 3 is 2.54 bits per heavy atom. The summed E-state index contributed by atoms with van der Waals surface area (Å²) in [6.45, 7) is 2.90. The smallest absolute Gasteiger partial charge is 0.328 e. The van der Waals surface area contributed by atoms with E-state index in [1.165, 1.54) is 4.57 Å². The molecule has 11 heteroatoms. The van der Waals surface area contributed by atoms with Crippen molar-refractivity contribution in [2.75, 3.05) is 24.1 Å². The largest absolute Gasteiger partial charge is 0.460 e. The molecule has 0 radical (unpaired) electrons. The molecule has 0 saturated carbocycles. The first-order valence-corrected chi connectivity index (χ1v) is 12.0. The molecular formula is C26H29N7O4. The Hall–Kier alpha value is -4.67. The van der Waals surface area contributed by atoms with Gasteiger partial charge in [0.1, 0.15) is 18.7 Å². The van der Waals surface area contributed by atoms with E-state index >= 15 is 0 Å². The Morgan fingerprint density at radius 2 is 1.81 bits per heavy atom. The first kappa shape index (κ1) is 25.4. The molecular weight excluding hydrogens is 474 g/mol. The van der Waals surface area contributed by atoms with Gasteiger partial charge in [0, 0.05) is 12.1 Å². The number of esters is 1. The van der Waals surface area contributed by atoms with Gasteiger partial charge in [-0.3, -0.25) is 14.2 Å². The van der Waals surface area contributed by atoms with Crippen molar-refractivity contribution < 1.29 is 14.3 Å². The van der Waals surface area contributed by atoms with E-state index < -0.39 is 11.9 Å². The molecule has 4 rings (SSSR count). The quantitative estimate of drug-likeness (QED) is 0.180. The predicted octanol–water partition coefficient (Wildman–Crippen LogP) is 2.44. The summed E-state index contributed by atoms with van der Waals surface area (Å²) in [5, 5.41) is 5.68. The lowest BCUT2D eigenvalue weighted by Crippen LogP contribution is -2.30. The first-order chi connectivity index (χ1) is 17.9. The number of imidazole rings is 1. The fraction of sp³-hybridized carbons (Fsp3) is 0.269. The summed E-state index contributed by atoms with van der Waals surface area (Å²) in [5.74, 6) is -0.386. The van der Waals surface area contributed by atoms with E-state index in [4.69, 9.17) is 10.5 Å². The van der Waals surface area contributed by atoms with E-state index in [1.807, 2.05) is 30.3 Å². The minimum Gasteiger partial charge on any atom is -0.460 e. The van der Waals surface area contributed by atoms with Crippen molar-refractivity contribution >= 4 is 34.8 Å². The van der Waals surface area contributed by atoms with Gasteiger partial charge in [0.05, 0.1) is 6.54 Å². The van der Waals surface area contributed by atoms with Gasteiger partial charge in [-0.1, -0.05) is 55.8 Å². The van der Waals surface area contributed by atoms with Crippen molar-refractivity contribution in [3.05, 3.63) is 81.8 Å². The summed E-state index contributed by atoms with van der Waals surface area (Å²) < 4.78 is 6.64. The average molecular weight is 504 g/mol. The number of fused-ring (bicyclic) bond motifs is 1. The number of hydrogen-bond acceptors (Lipinski definition) is 8. The lowest BCUT2D eigenvalue weighted by atomic mass is 10.1. The van der Waals surface area contributed by atoms with Crippen molar-refractivity contribution in [2.24, 2.45) is 0 Å². The van der Waals surface area contributed by atoms with Crippen LogP contribution in [-0.4, -0.2) is 44.5 Å². The molecule has 0 bridgehead atoms. The van der Waals surface area contributed by atoms with Gasteiger partial charge in [-0.05, 0) is 29.7 Å². The number of nitrogens with two attached hydrogens (primary N) is 1. The topological polar surface area (TPSA) is 157 Å². The van der Waals surface area contributed by atoms with Gasteiger partial charge in [0.25, 0.3) is 5.91 Å². The molecule has 2 heterocycles. The van der Waals surface area contributed by atoms with E-state index in [2.05, 4.69) is 32.5 Å². The Balaban J connectivity index is 1.37. The van der Waals surface area contributed by atoms with Gasteiger partial charge in [-0.15, -0.1) is 0 Å². The zero-order valence-electron chi connectivity index (χ0n) is 20.5. The van der Waals surface area contributed by atoms with E-state index in [9.17, 15) is 14.4 Å². The molecule has 37 heavy (non-hydrogen) atoms. The highest BCUT2D eigenvalue weighted by Gasteiger charge is 2.15. The standard InChI is InChI=1S/C26H29N7O4/c1-2-3-13-28-25-31-22(27)21-23(32-25)33(26(36)30-21)15-17-9-11-19(12-10-17)24(35)29-14-20(34)37-16-18-7-5-4-6-8-18/h4-12H,2-3,13-16H2,1H3,(H,29,35)(H,30,36)(H3,27,28,31,32). The average Bonchev–Trinajstić information content (AvgIpc) is 3.22. The number of rotatable bonds is 11. The number of nitrogen functional groups attached to an aromatic ring is 1. The molecule has 0 aliphatic carbocycles. The van der Waals surface area contributed by atoms with Crippen molar-refractivity contribution in [1.82, 2.24) is 24.8 Å². The maximum atomic E-state index is 12.6. The molecule has 0 unspecified atom stereocenters. The van der Waals surface area contributed by atoms with Crippen LogP contribution in [0.1, 0.15) is 41.3 Å². The maximum Gasteiger partial charge on any atom is 0.328 e. The monoisotopic (exact) mass is 503 g/mol. The molecule has 0 aliphatic rings. The number of carbonyl (C=O) groups is 2. The van der Waals surface area contributed by atoms with E-state index in [0.29, 0.717) is 29.2 Å². The van der Waals surface area contributed by atoms with Crippen LogP contribution in [0.2, 0.25) is 0 Å². The highest BCUT2D eigenvalue weighted by Crippen LogP contribution is 2.18. The SMILES string of the molecule is CCCCNc1nc(N)c2[nH]c(=O)n(Cc3ccc(C(=O)NCC(=O)OCc4ccccc4)cc3)c2n1. The normalized spacial score (nSPS) is 10.8. The number of benzene rings is 2. The molecule has 5 N–H and O–H groups in total. The van der Waals surface area contributed by atoms with Crippen molar-refractivity contribution in [2.45, 2.75) is 32.9 Å². The van der Waals surface area contributed by atoms with Gasteiger partial charge in [-0.25, -0.2) is 4.79 Å². The summed E-state index contributed by atoms with van der Waals surface area (Å²) in [6.07, 6.45) is 1.97. The molecule has 0 aliphatic heterocycles. The van der Waals surface area contributed by atoms with Crippen LogP contribution < -0.4 is 22.1 Å². The molecule has 0 spiro atoms. The first-order valence-electron chi connectivity index (χ1n) is 12.0. The van der Waals surface area contributed by atoms with Crippen molar-refractivity contribution in [3.63, 3.8) is 0 Å². The third-order valence-corrected chi connectivity index (χ3v) is 5.66. The molecule has 1 amide bonds. The fourth-order valence-corrected chi connectivity index (χ4v) is 3.64. The molecule has 4 aromatic rings. The Labute approximate surface area is 213 Å². The number of aromatic nitrogens is 4. The number of unbranched alkanes of at least 4 members (excludes halogenated alkanes) is 1. The summed E-state index contributed by atoms with van der Waals surface area (Å²) in [6, 6.07) is 16.0. The third-order valence-electron chi connectivity index (χ3n) is 5.66. The highest BCUT2D eigenvalue weighted by atomic mass is 16.5. The molecule has 11 nitrogen and oxygen atoms in total. The Kier molecular flexibility index (Phi) is 8.14. The van der Waals surface area contributed by atoms with E-state index in [1.54, 1.807) is 24.3 Å². The molecule has 0 saturated heterocycles. The van der Waals surface area contributed by atoms with E-state index in [0.717, 1.165) is 24.0 Å². The van der Waals surface area contributed by atoms with Crippen LogP contribution in [-0.2, 0) is 22.7 Å². The van der Waals surface area contributed by atoms with Crippen LogP contribution in [0.4, 0.5) is 11.8 Å². The van der Waals surface area contributed by atoms with Crippen LogP contribution in [0, 0.1) is 0 Å². The lowest BCUT2D eigenvalue weighted by molar-refractivity contribution is -0.143. The molecule has 0 fully saturated rings. The zero-order chi connectivity index (χ0) is 26.2. The summed E-state index contributed by atoms with van der Waals surface area (Å²) in [4.78, 5) is 48.4. The van der Waals surface area contributed by atoms with Crippen LogP contribution in [0.5, 0.6) is 0 Å². The number of carbonyl (C=O) groups excluding carboxylic acids is 2. The van der Waals surface area contributed by atoms with Gasteiger partial charge >= 0.3 is 11.7 Å². The summed E-state index contributed by atoms with van der Waals surface area (Å²) >= 11 is 0. The minimum atomic E-state index is -0.530. The number of hydrogen-bond donors (Lipinski definition) is 4. The molecule has 192 valence electrons. The molecule has 0 atom stereocenters. The number of nitrogens with one attached hydrogen (secondary N) is 3. The number of nitrogens with zero attached hydrogens (tertiary/aromatic N) is 3. The van der Waals surface area contributed by atoms with Crippen molar-refractivity contribution in [3.8, 4) is 0 Å². The van der Waals surface area contributed by atoms with Gasteiger partial charge < -0.3 is 26.1 Å². The number of aromatic amines is 1. The van der Waals surface area contributed by atoms with Crippen LogP contribution >= 0.6 is 0 Å². The number of anilines is 2. The van der Waals surface area contributed by atoms with Crippen LogP contribution in [0.3, 0.4) is 0 Å². The van der Waals surface area contributed by atoms with Gasteiger partial charge in [0.15, 0.2) is 11.5 Å². The van der Waals surface area contributed by atoms with Gasteiger partial charge in [0.2, 0.25) is 5.95 Å². The number of H-pyrrole nitrogens is 1. The highest BCUT2D eigenvalue weighted by molar-refractivity contribution is 5.95. The summed E-state index contributed by atoms with van der Waals surface area (Å²) in [7, 11) is 0. The number of amides is 1. The van der Waals surface area contributed by atoms with Gasteiger partial charge in [-0.2, -0.15) is 9.97 Å². The maximum absolute atomic E-state index is 12.6. The predicted molar refractivity (Wildman–Crippen MR) is 140 cm³/mol. The summed E-state index contributed by atoms with van der Waals surface area (Å²) in [5.41, 5.74) is 8.46. The third kappa shape index (κ3) is 6.51. The van der Waals surface area contributed by atoms with Crippen LogP contribution in [0.25, 0.3) is 11.2 Å². The van der Waals surface area contributed by atoms with E-state index in [-0.39, 0.29) is 31.2 Å². The Bertz CT molecular complexity index is 1430.